The molecule has 0 aromatic carbocycles. The van der Waals surface area contributed by atoms with Crippen molar-refractivity contribution in [2.45, 2.75) is 29.5 Å². The van der Waals surface area contributed by atoms with Gasteiger partial charge in [0, 0.05) is 16.4 Å². The Bertz CT molecular complexity index is 1240. The van der Waals surface area contributed by atoms with E-state index in [9.17, 15) is 19.5 Å². The van der Waals surface area contributed by atoms with Crippen molar-refractivity contribution < 1.29 is 19.5 Å². The molecule has 14 nitrogen and oxygen atoms in total. The van der Waals surface area contributed by atoms with Crippen molar-refractivity contribution in [1.82, 2.24) is 51.0 Å². The summed E-state index contributed by atoms with van der Waals surface area (Å²) in [6, 6.07) is 2.96. The van der Waals surface area contributed by atoms with Crippen LogP contribution >= 0.6 is 34.9 Å². The number of rotatable bonds is 9. The van der Waals surface area contributed by atoms with E-state index >= 15 is 0 Å². The number of nitrogens with zero attached hydrogens (tertiary/aromatic N) is 8. The van der Waals surface area contributed by atoms with Gasteiger partial charge >= 0.3 is 5.97 Å². The maximum Gasteiger partial charge on any atom is 0.352 e. The summed E-state index contributed by atoms with van der Waals surface area (Å²) in [5.74, 6) is -0.826. The van der Waals surface area contributed by atoms with Crippen LogP contribution in [0.2, 0.25) is 0 Å². The normalized spacial score (nSPS) is 19.6. The maximum absolute atomic E-state index is 12.8. The summed E-state index contributed by atoms with van der Waals surface area (Å²) in [7, 11) is 0. The van der Waals surface area contributed by atoms with Gasteiger partial charge in [-0.05, 0) is 27.4 Å². The summed E-state index contributed by atoms with van der Waals surface area (Å²) in [6.45, 7) is 0.199. The number of aliphatic carboxylic acids is 1. The van der Waals surface area contributed by atoms with Gasteiger partial charge in [-0.2, -0.15) is 5.21 Å². The van der Waals surface area contributed by atoms with E-state index in [0.717, 1.165) is 4.88 Å². The Morgan fingerprint density at radius 3 is 2.97 bits per heavy atom. The largest absolute Gasteiger partial charge is 0.477 e. The quantitative estimate of drug-likeness (QED) is 0.240. The topological polar surface area (TPSA) is 185 Å². The van der Waals surface area contributed by atoms with Gasteiger partial charge in [-0.1, -0.05) is 23.0 Å². The van der Waals surface area contributed by atoms with Crippen molar-refractivity contribution in [3.05, 3.63) is 39.5 Å². The monoisotopic (exact) mass is 520 g/mol. The average molecular weight is 521 g/mol. The van der Waals surface area contributed by atoms with E-state index in [1.165, 1.54) is 44.4 Å². The zero-order valence-electron chi connectivity index (χ0n) is 17.2. The summed E-state index contributed by atoms with van der Waals surface area (Å²) in [6.07, 6.45) is 0.181. The van der Waals surface area contributed by atoms with Crippen LogP contribution in [0, 0.1) is 0 Å². The van der Waals surface area contributed by atoms with Gasteiger partial charge in [0.25, 0.3) is 5.91 Å². The van der Waals surface area contributed by atoms with Crippen LogP contribution in [0.5, 0.6) is 0 Å². The van der Waals surface area contributed by atoms with Gasteiger partial charge in [0.15, 0.2) is 5.82 Å². The number of thiophene rings is 1. The number of fused-ring (bicyclic) bond motifs is 1. The fourth-order valence-corrected chi connectivity index (χ4v) is 6.59. The van der Waals surface area contributed by atoms with Gasteiger partial charge < -0.3 is 10.4 Å². The Kier molecular flexibility index (Phi) is 6.29. The van der Waals surface area contributed by atoms with Crippen molar-refractivity contribution in [2.24, 2.45) is 0 Å². The number of carbonyl (C=O) groups is 3. The average Bonchev–Trinajstić information content (AvgIpc) is 3.59. The molecule has 1 unspecified atom stereocenters. The predicted molar refractivity (Wildman–Crippen MR) is 120 cm³/mol. The summed E-state index contributed by atoms with van der Waals surface area (Å²) in [5.41, 5.74) is 0.520. The minimum absolute atomic E-state index is 0.0535. The molecule has 0 aliphatic carbocycles. The number of nitrogens with one attached hydrogen (secondary N) is 2. The van der Waals surface area contributed by atoms with Gasteiger partial charge in [0.1, 0.15) is 23.7 Å². The summed E-state index contributed by atoms with van der Waals surface area (Å²) in [5, 5.41) is 39.5. The first-order valence-corrected chi connectivity index (χ1v) is 12.8. The highest BCUT2D eigenvalue weighted by Gasteiger charge is 2.54. The standard InChI is InChI=1S/C17H16N10O4S3/c28-11(4-9-2-1-3-32-9)18-12-14(29)27-13(16(30)31)8(6-33-15(12)27)7-34-17-21-24-25-26(17)5-10-19-22-23-20-10/h1-3,12,15H,4-7H2,(H,18,28)(H,30,31)(H,19,20,22,23)/t12?,15-/m1/s1. The van der Waals surface area contributed by atoms with Crippen molar-refractivity contribution >= 4 is 52.6 Å². The Balaban J connectivity index is 1.26. The van der Waals surface area contributed by atoms with Crippen LogP contribution in [0.15, 0.2) is 33.9 Å². The molecule has 1 fully saturated rings. The lowest BCUT2D eigenvalue weighted by Gasteiger charge is -2.49. The number of β-lactam (4-membered cyclic amide) rings is 1. The van der Waals surface area contributed by atoms with Gasteiger partial charge in [0.05, 0.1) is 6.42 Å². The predicted octanol–water partition coefficient (Wildman–Crippen LogP) is -0.631. The van der Waals surface area contributed by atoms with Crippen molar-refractivity contribution in [1.29, 1.82) is 0 Å². The molecule has 3 N–H and O–H groups in total. The summed E-state index contributed by atoms with van der Waals surface area (Å²) >= 11 is 4.12. The number of hydrogen-bond acceptors (Lipinski definition) is 12. The van der Waals surface area contributed by atoms with Crippen LogP contribution < -0.4 is 5.32 Å². The number of carboxylic acid groups (broad SMARTS) is 1. The molecular weight excluding hydrogens is 504 g/mol. The number of hydrogen-bond donors (Lipinski definition) is 3. The number of amides is 2. The first-order valence-electron chi connectivity index (χ1n) is 9.84. The molecular formula is C17H16N10O4S3. The zero-order chi connectivity index (χ0) is 23.7. The van der Waals surface area contributed by atoms with Crippen molar-refractivity contribution in [3.63, 3.8) is 0 Å². The van der Waals surface area contributed by atoms with E-state index < -0.39 is 23.3 Å². The smallest absolute Gasteiger partial charge is 0.352 e. The third kappa shape index (κ3) is 4.40. The van der Waals surface area contributed by atoms with Crippen LogP contribution in [0.4, 0.5) is 0 Å². The van der Waals surface area contributed by atoms with E-state index in [1.54, 1.807) is 0 Å². The lowest BCUT2D eigenvalue weighted by molar-refractivity contribution is -0.150. The number of thioether (sulfide) groups is 2. The van der Waals surface area contributed by atoms with E-state index in [-0.39, 0.29) is 30.3 Å². The molecule has 17 heteroatoms. The second-order valence-electron chi connectivity index (χ2n) is 7.20. The third-order valence-corrected chi connectivity index (χ3v) is 8.30. The van der Waals surface area contributed by atoms with Crippen LogP contribution in [-0.4, -0.2) is 91.5 Å². The van der Waals surface area contributed by atoms with Crippen LogP contribution in [0.1, 0.15) is 10.7 Å². The molecule has 2 aliphatic rings. The summed E-state index contributed by atoms with van der Waals surface area (Å²) in [4.78, 5) is 39.3. The first kappa shape index (κ1) is 22.5. The lowest BCUT2D eigenvalue weighted by atomic mass is 10.0. The van der Waals surface area contributed by atoms with Gasteiger partial charge in [0.2, 0.25) is 11.1 Å². The Morgan fingerprint density at radius 1 is 1.35 bits per heavy atom. The molecule has 2 aliphatic heterocycles. The molecule has 0 spiro atoms. The molecule has 34 heavy (non-hydrogen) atoms. The SMILES string of the molecule is O=C(Cc1cccs1)NC1C(=O)N2C(C(=O)O)=C(CSc3nnnn3Cc3nn[nH]n3)CS[C@H]12. The fourth-order valence-electron chi connectivity index (χ4n) is 3.52. The lowest BCUT2D eigenvalue weighted by Crippen LogP contribution is -2.70. The second kappa shape index (κ2) is 9.51. The minimum Gasteiger partial charge on any atom is -0.477 e. The molecule has 0 bridgehead atoms. The Labute approximate surface area is 203 Å². The molecule has 2 amide bonds. The summed E-state index contributed by atoms with van der Waals surface area (Å²) < 4.78 is 1.48. The Morgan fingerprint density at radius 2 is 2.24 bits per heavy atom. The van der Waals surface area contributed by atoms with E-state index in [0.29, 0.717) is 22.3 Å². The number of carboxylic acids is 1. The van der Waals surface area contributed by atoms with Crippen LogP contribution in [0.3, 0.4) is 0 Å². The van der Waals surface area contributed by atoms with E-state index in [1.807, 2.05) is 17.5 Å². The minimum atomic E-state index is -1.19. The van der Waals surface area contributed by atoms with Crippen LogP contribution in [0.25, 0.3) is 0 Å². The highest BCUT2D eigenvalue weighted by Crippen LogP contribution is 2.41. The number of aromatic nitrogens is 8. The number of carbonyl (C=O) groups excluding carboxylic acids is 2. The first-order chi connectivity index (χ1) is 16.5. The molecule has 5 heterocycles. The molecule has 1 saturated heterocycles. The van der Waals surface area contributed by atoms with Gasteiger partial charge in [-0.15, -0.1) is 38.4 Å². The molecule has 0 radical (unpaired) electrons. The number of tetrazole rings is 2. The molecule has 2 atom stereocenters. The highest BCUT2D eigenvalue weighted by atomic mass is 32.2. The number of aromatic amines is 1. The number of H-pyrrole nitrogens is 1. The molecule has 176 valence electrons. The molecule has 3 aromatic rings. The van der Waals surface area contributed by atoms with Crippen LogP contribution in [-0.2, 0) is 27.3 Å². The third-order valence-electron chi connectivity index (χ3n) is 5.04. The maximum atomic E-state index is 12.8. The highest BCUT2D eigenvalue weighted by molar-refractivity contribution is 8.01. The molecule has 5 rings (SSSR count). The fraction of sp³-hybridized carbons (Fsp3) is 0.353. The zero-order valence-corrected chi connectivity index (χ0v) is 19.6. The molecule has 3 aromatic heterocycles. The van der Waals surface area contributed by atoms with Crippen molar-refractivity contribution in [2.75, 3.05) is 11.5 Å². The second-order valence-corrected chi connectivity index (χ2v) is 10.3. The van der Waals surface area contributed by atoms with E-state index in [4.69, 9.17) is 0 Å². The van der Waals surface area contributed by atoms with Crippen molar-refractivity contribution in [3.8, 4) is 0 Å². The molecule has 0 saturated carbocycles. The Hall–Kier alpha value is -3.31. The van der Waals surface area contributed by atoms with E-state index in [2.05, 4.69) is 41.5 Å². The van der Waals surface area contributed by atoms with Gasteiger partial charge in [-0.3, -0.25) is 14.5 Å². The van der Waals surface area contributed by atoms with Gasteiger partial charge in [-0.25, -0.2) is 9.48 Å².